The van der Waals surface area contributed by atoms with E-state index in [0.717, 1.165) is 16.0 Å². The van der Waals surface area contributed by atoms with Crippen molar-refractivity contribution in [1.29, 1.82) is 0 Å². The van der Waals surface area contributed by atoms with Gasteiger partial charge in [0.05, 0.1) is 11.1 Å². The molecule has 0 aliphatic heterocycles. The van der Waals surface area contributed by atoms with E-state index in [1.807, 2.05) is 25.1 Å². The molecule has 0 radical (unpaired) electrons. The molecular formula is C14H23BrO2Si. The van der Waals surface area contributed by atoms with Crippen LogP contribution in [0.15, 0.2) is 22.7 Å². The Hall–Kier alpha value is -0.483. The Balaban J connectivity index is 2.95. The third-order valence-corrected chi connectivity index (χ3v) is 8.40. The molecule has 0 saturated carbocycles. The van der Waals surface area contributed by atoms with Gasteiger partial charge in [0, 0.05) is 6.07 Å². The van der Waals surface area contributed by atoms with Gasteiger partial charge in [0.15, 0.2) is 0 Å². The molecule has 2 nitrogen and oxygen atoms in total. The maximum atomic E-state index is 6.25. The molecule has 102 valence electrons. The third kappa shape index (κ3) is 3.75. The zero-order chi connectivity index (χ0) is 14.0. The van der Waals surface area contributed by atoms with E-state index in [1.165, 1.54) is 0 Å². The SMILES string of the molecule is CCOc1cc(O[Si](C)(C)C(C)(C)C)ccc1Br. The number of hydrogen-bond donors (Lipinski definition) is 0. The third-order valence-electron chi connectivity index (χ3n) is 3.38. The van der Waals surface area contributed by atoms with E-state index in [0.29, 0.717) is 6.61 Å². The molecule has 0 aromatic heterocycles. The van der Waals surface area contributed by atoms with Crippen molar-refractivity contribution in [2.45, 2.75) is 45.8 Å². The van der Waals surface area contributed by atoms with E-state index in [4.69, 9.17) is 9.16 Å². The number of halogens is 1. The normalized spacial score (nSPS) is 12.4. The maximum absolute atomic E-state index is 6.25. The molecule has 0 bridgehead atoms. The lowest BCUT2D eigenvalue weighted by Gasteiger charge is -2.36. The van der Waals surface area contributed by atoms with Crippen molar-refractivity contribution in [1.82, 2.24) is 0 Å². The molecule has 18 heavy (non-hydrogen) atoms. The highest BCUT2D eigenvalue weighted by molar-refractivity contribution is 9.10. The van der Waals surface area contributed by atoms with E-state index in [1.54, 1.807) is 0 Å². The van der Waals surface area contributed by atoms with Crippen molar-refractivity contribution in [2.24, 2.45) is 0 Å². The Morgan fingerprint density at radius 2 is 1.83 bits per heavy atom. The number of ether oxygens (including phenoxy) is 1. The van der Waals surface area contributed by atoms with E-state index >= 15 is 0 Å². The van der Waals surface area contributed by atoms with Crippen LogP contribution in [0, 0.1) is 0 Å². The van der Waals surface area contributed by atoms with E-state index in [-0.39, 0.29) is 5.04 Å². The second-order valence-electron chi connectivity index (χ2n) is 5.89. The monoisotopic (exact) mass is 330 g/mol. The highest BCUT2D eigenvalue weighted by Crippen LogP contribution is 2.38. The van der Waals surface area contributed by atoms with Crippen molar-refractivity contribution in [3.63, 3.8) is 0 Å². The minimum Gasteiger partial charge on any atom is -0.543 e. The molecule has 0 spiro atoms. The summed E-state index contributed by atoms with van der Waals surface area (Å²) >= 11 is 3.48. The number of hydrogen-bond acceptors (Lipinski definition) is 2. The molecule has 4 heteroatoms. The van der Waals surface area contributed by atoms with Crippen molar-refractivity contribution in [3.8, 4) is 11.5 Å². The molecule has 0 heterocycles. The molecule has 1 aromatic rings. The summed E-state index contributed by atoms with van der Waals surface area (Å²) in [6, 6.07) is 5.94. The van der Waals surface area contributed by atoms with E-state index in [2.05, 4.69) is 49.8 Å². The van der Waals surface area contributed by atoms with Gasteiger partial charge in [-0.25, -0.2) is 0 Å². The van der Waals surface area contributed by atoms with Crippen LogP contribution in [0.1, 0.15) is 27.7 Å². The molecule has 0 fully saturated rings. The first-order valence-corrected chi connectivity index (χ1v) is 9.99. The largest absolute Gasteiger partial charge is 0.543 e. The first kappa shape index (κ1) is 15.6. The molecule has 0 aliphatic rings. The van der Waals surface area contributed by atoms with Crippen LogP contribution < -0.4 is 9.16 Å². The fourth-order valence-electron chi connectivity index (χ4n) is 1.26. The zero-order valence-corrected chi connectivity index (χ0v) is 14.7. The molecule has 0 unspecified atom stereocenters. The van der Waals surface area contributed by atoms with Crippen molar-refractivity contribution >= 4 is 24.2 Å². The summed E-state index contributed by atoms with van der Waals surface area (Å²) in [4.78, 5) is 0. The second kappa shape index (κ2) is 5.66. The van der Waals surface area contributed by atoms with Crippen LogP contribution in [-0.4, -0.2) is 14.9 Å². The topological polar surface area (TPSA) is 18.5 Å². The number of benzene rings is 1. The summed E-state index contributed by atoms with van der Waals surface area (Å²) in [6.07, 6.45) is 0. The summed E-state index contributed by atoms with van der Waals surface area (Å²) in [7, 11) is -1.78. The van der Waals surface area contributed by atoms with Gasteiger partial charge in [-0.15, -0.1) is 0 Å². The van der Waals surface area contributed by atoms with Crippen molar-refractivity contribution in [2.75, 3.05) is 6.61 Å². The van der Waals surface area contributed by atoms with Crippen molar-refractivity contribution in [3.05, 3.63) is 22.7 Å². The minimum absolute atomic E-state index is 0.200. The fraction of sp³-hybridized carbons (Fsp3) is 0.571. The highest BCUT2D eigenvalue weighted by Gasteiger charge is 2.39. The molecule has 0 atom stereocenters. The summed E-state index contributed by atoms with van der Waals surface area (Å²) < 4.78 is 12.8. The molecule has 0 amide bonds. The lowest BCUT2D eigenvalue weighted by molar-refractivity contribution is 0.336. The first-order chi connectivity index (χ1) is 8.17. The van der Waals surface area contributed by atoms with Crippen LogP contribution in [0.3, 0.4) is 0 Å². The van der Waals surface area contributed by atoms with Crippen LogP contribution in [0.4, 0.5) is 0 Å². The second-order valence-corrected chi connectivity index (χ2v) is 11.5. The summed E-state index contributed by atoms with van der Waals surface area (Å²) in [5.41, 5.74) is 0. The standard InChI is InChI=1S/C14H23BrO2Si/c1-7-16-13-10-11(8-9-12(13)15)17-18(5,6)14(2,3)4/h8-10H,7H2,1-6H3. The fourth-order valence-corrected chi connectivity index (χ4v) is 2.64. The molecule has 0 aliphatic carbocycles. The Morgan fingerprint density at radius 3 is 2.33 bits per heavy atom. The van der Waals surface area contributed by atoms with Gasteiger partial charge < -0.3 is 9.16 Å². The van der Waals surface area contributed by atoms with Gasteiger partial charge in [-0.3, -0.25) is 0 Å². The molecule has 0 N–H and O–H groups in total. The maximum Gasteiger partial charge on any atom is 0.250 e. The van der Waals surface area contributed by atoms with Crippen LogP contribution in [-0.2, 0) is 0 Å². The van der Waals surface area contributed by atoms with Crippen LogP contribution in [0.2, 0.25) is 18.1 Å². The highest BCUT2D eigenvalue weighted by atomic mass is 79.9. The van der Waals surface area contributed by atoms with Gasteiger partial charge in [0.25, 0.3) is 0 Å². The van der Waals surface area contributed by atoms with E-state index in [9.17, 15) is 0 Å². The Morgan fingerprint density at radius 1 is 1.22 bits per heavy atom. The van der Waals surface area contributed by atoms with Gasteiger partial charge in [-0.05, 0) is 53.1 Å². The summed E-state index contributed by atoms with van der Waals surface area (Å²) in [6.45, 7) is 13.8. The smallest absolute Gasteiger partial charge is 0.250 e. The first-order valence-electron chi connectivity index (χ1n) is 6.29. The Labute approximate surface area is 120 Å². The quantitative estimate of drug-likeness (QED) is 0.703. The predicted octanol–water partition coefficient (Wildman–Crippen LogP) is 5.23. The minimum atomic E-state index is -1.78. The molecular weight excluding hydrogens is 308 g/mol. The zero-order valence-electron chi connectivity index (χ0n) is 12.1. The van der Waals surface area contributed by atoms with Crippen LogP contribution >= 0.6 is 15.9 Å². The van der Waals surface area contributed by atoms with Crippen LogP contribution in [0.5, 0.6) is 11.5 Å². The van der Waals surface area contributed by atoms with E-state index < -0.39 is 8.32 Å². The molecule has 0 saturated heterocycles. The summed E-state index contributed by atoms with van der Waals surface area (Å²) in [5, 5.41) is 0.200. The van der Waals surface area contributed by atoms with Gasteiger partial charge in [-0.1, -0.05) is 20.8 Å². The van der Waals surface area contributed by atoms with Gasteiger partial charge in [0.1, 0.15) is 11.5 Å². The average molecular weight is 331 g/mol. The predicted molar refractivity (Wildman–Crippen MR) is 83.1 cm³/mol. The van der Waals surface area contributed by atoms with Gasteiger partial charge in [-0.2, -0.15) is 0 Å². The lowest BCUT2D eigenvalue weighted by atomic mass is 10.2. The van der Waals surface area contributed by atoms with Crippen LogP contribution in [0.25, 0.3) is 0 Å². The average Bonchev–Trinajstić information content (AvgIpc) is 2.21. The number of rotatable bonds is 4. The van der Waals surface area contributed by atoms with Gasteiger partial charge >= 0.3 is 0 Å². The molecule has 1 rings (SSSR count). The lowest BCUT2D eigenvalue weighted by Crippen LogP contribution is -2.43. The van der Waals surface area contributed by atoms with Crippen molar-refractivity contribution < 1.29 is 9.16 Å². The Kier molecular flexibility index (Phi) is 4.89. The van der Waals surface area contributed by atoms with Gasteiger partial charge in [0.2, 0.25) is 8.32 Å². The Bertz CT molecular complexity index is 411. The molecule has 1 aromatic carbocycles. The summed E-state index contributed by atoms with van der Waals surface area (Å²) in [5.74, 6) is 1.74.